The minimum Gasteiger partial charge on any atom is -0.394 e. The second-order valence-electron chi connectivity index (χ2n) is 13.4. The molecule has 9 nitrogen and oxygen atoms in total. The topological polar surface area (TPSA) is 149 Å². The van der Waals surface area contributed by atoms with Gasteiger partial charge in [-0.1, -0.05) is 126 Å². The first-order valence-electron chi connectivity index (χ1n) is 19.5. The molecule has 0 radical (unpaired) electrons. The largest absolute Gasteiger partial charge is 0.394 e. The van der Waals surface area contributed by atoms with Gasteiger partial charge in [-0.15, -0.1) is 0 Å². The summed E-state index contributed by atoms with van der Waals surface area (Å²) >= 11 is 0. The molecule has 1 fully saturated rings. The van der Waals surface area contributed by atoms with Crippen LogP contribution in [0.5, 0.6) is 0 Å². The lowest BCUT2D eigenvalue weighted by molar-refractivity contribution is -0.302. The number of rotatable bonds is 30. The SMILES string of the molecule is CCCC/C=C/CC/C=C/CC/C=C/C(O)C(COC1OC(CO)C(O)C(O)C1O)NC(=O)CCCCCCCC/C=C\C=C/CCCCC. The van der Waals surface area contributed by atoms with Crippen LogP contribution < -0.4 is 5.32 Å². The highest BCUT2D eigenvalue weighted by atomic mass is 16.7. The molecule has 0 aliphatic carbocycles. The minimum atomic E-state index is -1.58. The van der Waals surface area contributed by atoms with Crippen molar-refractivity contribution in [1.29, 1.82) is 0 Å². The zero-order valence-corrected chi connectivity index (χ0v) is 31.1. The van der Waals surface area contributed by atoms with Crippen LogP contribution in [-0.4, -0.2) is 87.5 Å². The van der Waals surface area contributed by atoms with E-state index in [9.17, 15) is 30.3 Å². The number of carbonyl (C=O) groups excluding carboxylic acids is 1. The summed E-state index contributed by atoms with van der Waals surface area (Å²) in [7, 11) is 0. The van der Waals surface area contributed by atoms with E-state index in [1.165, 1.54) is 38.5 Å². The quantitative estimate of drug-likeness (QED) is 0.0269. The monoisotopic (exact) mass is 706 g/mol. The van der Waals surface area contributed by atoms with E-state index in [1.54, 1.807) is 6.08 Å². The number of amides is 1. The third kappa shape index (κ3) is 22.7. The Labute approximate surface area is 303 Å². The third-order valence-electron chi connectivity index (χ3n) is 8.82. The van der Waals surface area contributed by atoms with Crippen molar-refractivity contribution < 1.29 is 39.8 Å². The summed E-state index contributed by atoms with van der Waals surface area (Å²) < 4.78 is 11.1. The Hall–Kier alpha value is -2.11. The molecule has 0 bridgehead atoms. The molecule has 1 saturated heterocycles. The van der Waals surface area contributed by atoms with Crippen molar-refractivity contribution >= 4 is 5.91 Å². The number of nitrogens with one attached hydrogen (secondary N) is 1. The summed E-state index contributed by atoms with van der Waals surface area (Å²) in [6.07, 6.45) is 32.6. The number of hydrogen-bond acceptors (Lipinski definition) is 8. The number of hydrogen-bond donors (Lipinski definition) is 6. The summed E-state index contributed by atoms with van der Waals surface area (Å²) in [5, 5.41) is 53.9. The van der Waals surface area contributed by atoms with Gasteiger partial charge in [0.05, 0.1) is 25.4 Å². The summed E-state index contributed by atoms with van der Waals surface area (Å²) in [6.45, 7) is 3.62. The van der Waals surface area contributed by atoms with Crippen LogP contribution in [0.3, 0.4) is 0 Å². The van der Waals surface area contributed by atoms with Crippen LogP contribution in [0.15, 0.2) is 60.8 Å². The maximum atomic E-state index is 12.9. The van der Waals surface area contributed by atoms with E-state index in [-0.39, 0.29) is 12.5 Å². The molecule has 0 aromatic carbocycles. The summed E-state index contributed by atoms with van der Waals surface area (Å²) in [4.78, 5) is 12.9. The molecule has 1 rings (SSSR count). The Kier molecular flexibility index (Phi) is 29.0. The number of ether oxygens (including phenoxy) is 2. The highest BCUT2D eigenvalue weighted by Gasteiger charge is 2.44. The van der Waals surface area contributed by atoms with E-state index in [0.29, 0.717) is 6.42 Å². The van der Waals surface area contributed by atoms with Gasteiger partial charge in [-0.05, 0) is 64.2 Å². The minimum absolute atomic E-state index is 0.209. The van der Waals surface area contributed by atoms with Crippen LogP contribution in [0, 0.1) is 0 Å². The van der Waals surface area contributed by atoms with E-state index in [2.05, 4.69) is 67.8 Å². The van der Waals surface area contributed by atoms with Crippen molar-refractivity contribution in [3.8, 4) is 0 Å². The van der Waals surface area contributed by atoms with E-state index < -0.39 is 49.5 Å². The normalized spacial score (nSPS) is 22.9. The Morgan fingerprint density at radius 1 is 0.680 bits per heavy atom. The Morgan fingerprint density at radius 3 is 1.84 bits per heavy atom. The first kappa shape index (κ1) is 45.9. The van der Waals surface area contributed by atoms with Gasteiger partial charge in [0.25, 0.3) is 0 Å². The molecular formula is C41H71NO8. The summed E-state index contributed by atoms with van der Waals surface area (Å²) in [5.41, 5.74) is 0. The lowest BCUT2D eigenvalue weighted by Gasteiger charge is -2.40. The molecule has 288 valence electrons. The first-order chi connectivity index (χ1) is 24.3. The number of carbonyl (C=O) groups is 1. The molecular weight excluding hydrogens is 634 g/mol. The van der Waals surface area contributed by atoms with E-state index in [1.807, 2.05) is 6.08 Å². The van der Waals surface area contributed by atoms with Crippen LogP contribution in [0.1, 0.15) is 136 Å². The van der Waals surface area contributed by atoms with E-state index >= 15 is 0 Å². The molecule has 0 aromatic heterocycles. The number of aliphatic hydroxyl groups excluding tert-OH is 5. The molecule has 0 aromatic rings. The molecule has 50 heavy (non-hydrogen) atoms. The van der Waals surface area contributed by atoms with E-state index in [0.717, 1.165) is 77.0 Å². The van der Waals surface area contributed by atoms with Gasteiger partial charge in [-0.2, -0.15) is 0 Å². The van der Waals surface area contributed by atoms with Gasteiger partial charge in [0.15, 0.2) is 6.29 Å². The summed E-state index contributed by atoms with van der Waals surface area (Å²) in [6, 6.07) is -0.833. The van der Waals surface area contributed by atoms with Gasteiger partial charge in [-0.25, -0.2) is 0 Å². The predicted octanol–water partition coefficient (Wildman–Crippen LogP) is 6.88. The zero-order chi connectivity index (χ0) is 36.7. The standard InChI is InChI=1S/C41H71NO8/c1-3-5-7-9-11-13-15-17-18-19-21-23-25-27-29-31-37(45)42-34(33-49-41-40(48)39(47)38(46)36(32-43)50-41)35(44)30-28-26-24-22-20-16-14-12-10-8-6-4-2/h10-13,15,17,20,22,28,30,34-36,38-41,43-44,46-48H,3-9,14,16,18-19,21,23-27,29,31-33H2,1-2H3,(H,42,45)/b12-10+,13-11-,17-15-,22-20+,30-28+. The predicted molar refractivity (Wildman–Crippen MR) is 202 cm³/mol. The van der Waals surface area contributed by atoms with Crippen molar-refractivity contribution in [2.45, 2.75) is 179 Å². The smallest absolute Gasteiger partial charge is 0.220 e. The van der Waals surface area contributed by atoms with Crippen LogP contribution in [0.25, 0.3) is 0 Å². The molecule has 1 amide bonds. The first-order valence-corrected chi connectivity index (χ1v) is 19.5. The van der Waals surface area contributed by atoms with Crippen molar-refractivity contribution in [2.24, 2.45) is 0 Å². The molecule has 7 atom stereocenters. The maximum absolute atomic E-state index is 12.9. The zero-order valence-electron chi connectivity index (χ0n) is 31.1. The molecule has 0 saturated carbocycles. The van der Waals surface area contributed by atoms with Gasteiger partial charge in [0.2, 0.25) is 5.91 Å². The second kappa shape index (κ2) is 31.6. The Morgan fingerprint density at radius 2 is 1.22 bits per heavy atom. The molecule has 1 aliphatic heterocycles. The van der Waals surface area contributed by atoms with E-state index in [4.69, 9.17) is 9.47 Å². The average molecular weight is 706 g/mol. The van der Waals surface area contributed by atoms with Gasteiger partial charge < -0.3 is 40.3 Å². The lowest BCUT2D eigenvalue weighted by Crippen LogP contribution is -2.60. The van der Waals surface area contributed by atoms with Crippen molar-refractivity contribution in [3.63, 3.8) is 0 Å². The molecule has 0 spiro atoms. The molecule has 1 heterocycles. The van der Waals surface area contributed by atoms with Gasteiger partial charge in [0.1, 0.15) is 24.4 Å². The van der Waals surface area contributed by atoms with Crippen LogP contribution in [0.4, 0.5) is 0 Å². The average Bonchev–Trinajstić information content (AvgIpc) is 3.11. The fourth-order valence-electron chi connectivity index (χ4n) is 5.57. The van der Waals surface area contributed by atoms with Crippen LogP contribution in [0.2, 0.25) is 0 Å². The molecule has 6 N–H and O–H groups in total. The van der Waals surface area contributed by atoms with Gasteiger partial charge >= 0.3 is 0 Å². The summed E-state index contributed by atoms with van der Waals surface area (Å²) in [5.74, 6) is -0.209. The fourth-order valence-corrected chi connectivity index (χ4v) is 5.57. The highest BCUT2D eigenvalue weighted by molar-refractivity contribution is 5.76. The van der Waals surface area contributed by atoms with Crippen molar-refractivity contribution in [2.75, 3.05) is 13.2 Å². The second-order valence-corrected chi connectivity index (χ2v) is 13.4. The van der Waals surface area contributed by atoms with Gasteiger partial charge in [0, 0.05) is 6.42 Å². The van der Waals surface area contributed by atoms with Crippen molar-refractivity contribution in [3.05, 3.63) is 60.8 Å². The van der Waals surface area contributed by atoms with Crippen LogP contribution >= 0.6 is 0 Å². The third-order valence-corrected chi connectivity index (χ3v) is 8.82. The molecule has 7 unspecified atom stereocenters. The highest BCUT2D eigenvalue weighted by Crippen LogP contribution is 2.22. The van der Waals surface area contributed by atoms with Crippen LogP contribution in [-0.2, 0) is 14.3 Å². The number of unbranched alkanes of at least 4 members (excludes halogenated alkanes) is 13. The fraction of sp³-hybridized carbons (Fsp3) is 0.732. The number of aliphatic hydroxyl groups is 5. The lowest BCUT2D eigenvalue weighted by atomic mass is 9.99. The van der Waals surface area contributed by atoms with Gasteiger partial charge in [-0.3, -0.25) is 4.79 Å². The maximum Gasteiger partial charge on any atom is 0.220 e. The molecule has 1 aliphatic rings. The number of allylic oxidation sites excluding steroid dienone is 9. The Bertz CT molecular complexity index is 962. The Balaban J connectivity index is 2.49. The molecule has 9 heteroatoms. The van der Waals surface area contributed by atoms with Crippen molar-refractivity contribution in [1.82, 2.24) is 5.32 Å².